The van der Waals surface area contributed by atoms with Crippen LogP contribution in [0.2, 0.25) is 5.02 Å². The fraction of sp³-hybridized carbons (Fsp3) is 0.250. The van der Waals surface area contributed by atoms with Crippen molar-refractivity contribution in [2.24, 2.45) is 0 Å². The van der Waals surface area contributed by atoms with E-state index in [9.17, 15) is 17.6 Å². The van der Waals surface area contributed by atoms with Gasteiger partial charge in [-0.2, -0.15) is 17.4 Å². The fourth-order valence-electron chi connectivity index (χ4n) is 2.69. The number of hydrogen-bond donors (Lipinski definition) is 2. The topological polar surface area (TPSA) is 91.4 Å². The third-order valence-electron chi connectivity index (χ3n) is 4.10. The quantitative estimate of drug-likeness (QED) is 0.828. The van der Waals surface area contributed by atoms with Crippen molar-refractivity contribution in [1.29, 1.82) is 0 Å². The number of nitrogens with zero attached hydrogens (tertiary/aromatic N) is 2. The van der Waals surface area contributed by atoms with Gasteiger partial charge in [0.05, 0.1) is 16.8 Å². The van der Waals surface area contributed by atoms with Crippen LogP contribution in [0.4, 0.5) is 10.1 Å². The molecule has 0 saturated carbocycles. The molecule has 10 heteroatoms. The number of carbonyl (C=O) groups is 1. The molecule has 0 aliphatic carbocycles. The highest BCUT2D eigenvalue weighted by molar-refractivity contribution is 7.87. The lowest BCUT2D eigenvalue weighted by molar-refractivity contribution is -0.120. The fourth-order valence-corrected chi connectivity index (χ4v) is 4.13. The highest BCUT2D eigenvalue weighted by Crippen LogP contribution is 2.27. The van der Waals surface area contributed by atoms with Gasteiger partial charge in [-0.25, -0.2) is 4.39 Å². The van der Waals surface area contributed by atoms with Gasteiger partial charge in [0.1, 0.15) is 11.9 Å². The number of pyridine rings is 1. The van der Waals surface area contributed by atoms with Crippen LogP contribution in [-0.4, -0.2) is 36.7 Å². The average molecular weight is 399 g/mol. The maximum absolute atomic E-state index is 13.2. The molecule has 0 radical (unpaired) electrons. The van der Waals surface area contributed by atoms with E-state index in [2.05, 4.69) is 15.0 Å². The van der Waals surface area contributed by atoms with Crippen molar-refractivity contribution >= 4 is 33.4 Å². The van der Waals surface area contributed by atoms with Crippen LogP contribution >= 0.6 is 11.6 Å². The molecule has 1 amide bonds. The number of anilines is 1. The minimum absolute atomic E-state index is 0.138. The van der Waals surface area contributed by atoms with Gasteiger partial charge in [-0.05, 0) is 36.8 Å². The first kappa shape index (κ1) is 18.7. The molecule has 2 heterocycles. The zero-order valence-electron chi connectivity index (χ0n) is 13.7. The van der Waals surface area contributed by atoms with Crippen molar-refractivity contribution in [3.63, 3.8) is 0 Å². The SMILES string of the molecule is CN1[C@H](C(=O)Nc2ccc(F)c(Cl)c2)C[C@H](c2ccccn2)NS1(=O)=O. The number of hydrogen-bond acceptors (Lipinski definition) is 4. The number of benzene rings is 1. The summed E-state index contributed by atoms with van der Waals surface area (Å²) in [5.41, 5.74) is 0.798. The lowest BCUT2D eigenvalue weighted by Gasteiger charge is -2.35. The predicted molar refractivity (Wildman–Crippen MR) is 95.2 cm³/mol. The number of aromatic nitrogens is 1. The highest BCUT2D eigenvalue weighted by Gasteiger charge is 2.41. The van der Waals surface area contributed by atoms with E-state index < -0.39 is 34.0 Å². The third kappa shape index (κ3) is 3.85. The Kier molecular flexibility index (Phi) is 5.24. The Bertz CT molecular complexity index is 926. The lowest BCUT2D eigenvalue weighted by atomic mass is 10.0. The summed E-state index contributed by atoms with van der Waals surface area (Å²) in [5, 5.41) is 2.44. The van der Waals surface area contributed by atoms with Crippen molar-refractivity contribution < 1.29 is 17.6 Å². The Morgan fingerprint density at radius 2 is 2.15 bits per heavy atom. The molecule has 2 aromatic rings. The molecule has 1 aromatic carbocycles. The molecule has 0 spiro atoms. The maximum Gasteiger partial charge on any atom is 0.280 e. The van der Waals surface area contributed by atoms with Crippen LogP contribution in [0.1, 0.15) is 18.2 Å². The van der Waals surface area contributed by atoms with Crippen LogP contribution in [0.5, 0.6) is 0 Å². The van der Waals surface area contributed by atoms with Gasteiger partial charge in [0.15, 0.2) is 0 Å². The van der Waals surface area contributed by atoms with Crippen LogP contribution in [0.25, 0.3) is 0 Å². The maximum atomic E-state index is 13.2. The van der Waals surface area contributed by atoms with Crippen molar-refractivity contribution in [1.82, 2.24) is 14.0 Å². The third-order valence-corrected chi connectivity index (χ3v) is 5.99. The number of carbonyl (C=O) groups excluding carboxylic acids is 1. The molecule has 138 valence electrons. The Balaban J connectivity index is 1.84. The van der Waals surface area contributed by atoms with Gasteiger partial charge in [-0.15, -0.1) is 0 Å². The molecule has 1 saturated heterocycles. The normalized spacial score (nSPS) is 22.7. The zero-order chi connectivity index (χ0) is 18.9. The van der Waals surface area contributed by atoms with E-state index >= 15 is 0 Å². The number of amides is 1. The summed E-state index contributed by atoms with van der Waals surface area (Å²) in [6.07, 6.45) is 1.74. The summed E-state index contributed by atoms with van der Waals surface area (Å²) >= 11 is 5.71. The van der Waals surface area contributed by atoms with Crippen molar-refractivity contribution in [3.05, 3.63) is 59.1 Å². The van der Waals surface area contributed by atoms with E-state index in [-0.39, 0.29) is 17.1 Å². The number of likely N-dealkylation sites (N-methyl/N-ethyl adjacent to an activating group) is 1. The van der Waals surface area contributed by atoms with Gasteiger partial charge in [0, 0.05) is 18.9 Å². The first-order valence-corrected chi connectivity index (χ1v) is 9.52. The molecular formula is C16H16ClFN4O3S. The van der Waals surface area contributed by atoms with Gasteiger partial charge >= 0.3 is 0 Å². The lowest BCUT2D eigenvalue weighted by Crippen LogP contribution is -2.56. The van der Waals surface area contributed by atoms with Crippen molar-refractivity contribution in [2.75, 3.05) is 12.4 Å². The Morgan fingerprint density at radius 3 is 2.81 bits per heavy atom. The molecule has 1 aliphatic heterocycles. The molecule has 26 heavy (non-hydrogen) atoms. The number of rotatable bonds is 3. The molecule has 7 nitrogen and oxygen atoms in total. The second-order valence-corrected chi connectivity index (χ2v) is 7.98. The van der Waals surface area contributed by atoms with Gasteiger partial charge in [0.25, 0.3) is 10.2 Å². The van der Waals surface area contributed by atoms with E-state index in [1.54, 1.807) is 24.4 Å². The minimum atomic E-state index is -3.86. The first-order valence-electron chi connectivity index (χ1n) is 7.70. The molecule has 1 fully saturated rings. The molecule has 0 unspecified atom stereocenters. The molecule has 2 atom stereocenters. The summed E-state index contributed by atoms with van der Waals surface area (Å²) in [6.45, 7) is 0. The highest BCUT2D eigenvalue weighted by atomic mass is 35.5. The van der Waals surface area contributed by atoms with E-state index in [0.717, 1.165) is 10.4 Å². The van der Waals surface area contributed by atoms with Gasteiger partial charge in [-0.3, -0.25) is 9.78 Å². The summed E-state index contributed by atoms with van der Waals surface area (Å²) in [6, 6.07) is 7.29. The number of halogens is 2. The van der Waals surface area contributed by atoms with Crippen LogP contribution in [0, 0.1) is 5.82 Å². The van der Waals surface area contributed by atoms with Crippen LogP contribution < -0.4 is 10.0 Å². The van der Waals surface area contributed by atoms with Gasteiger partial charge in [0.2, 0.25) is 5.91 Å². The first-order chi connectivity index (χ1) is 12.3. The second-order valence-electron chi connectivity index (χ2n) is 5.82. The minimum Gasteiger partial charge on any atom is -0.325 e. The molecule has 3 rings (SSSR count). The van der Waals surface area contributed by atoms with Crippen LogP contribution in [-0.2, 0) is 15.0 Å². The zero-order valence-corrected chi connectivity index (χ0v) is 15.3. The molecule has 1 aromatic heterocycles. The molecule has 1 aliphatic rings. The summed E-state index contributed by atoms with van der Waals surface area (Å²) in [5.74, 6) is -1.15. The van der Waals surface area contributed by atoms with Crippen molar-refractivity contribution in [3.8, 4) is 0 Å². The largest absolute Gasteiger partial charge is 0.325 e. The van der Waals surface area contributed by atoms with Gasteiger partial charge < -0.3 is 5.32 Å². The van der Waals surface area contributed by atoms with Crippen LogP contribution in [0.15, 0.2) is 42.6 Å². The standard InChI is InChI=1S/C16H16ClFN4O3S/c1-22-15(16(23)20-10-5-6-12(18)11(17)8-10)9-14(21-26(22,24)25)13-4-2-3-7-19-13/h2-8,14-15,21H,9H2,1H3,(H,20,23)/t14-,15+/m1/s1. The number of nitrogens with one attached hydrogen (secondary N) is 2. The van der Waals surface area contributed by atoms with Crippen molar-refractivity contribution in [2.45, 2.75) is 18.5 Å². The second kappa shape index (κ2) is 7.28. The van der Waals surface area contributed by atoms with E-state index in [0.29, 0.717) is 5.69 Å². The van der Waals surface area contributed by atoms with Crippen LogP contribution in [0.3, 0.4) is 0 Å². The Labute approximate surface area is 155 Å². The molecule has 2 N–H and O–H groups in total. The van der Waals surface area contributed by atoms with E-state index in [1.165, 1.54) is 19.2 Å². The van der Waals surface area contributed by atoms with E-state index in [4.69, 9.17) is 11.6 Å². The summed E-state index contributed by atoms with van der Waals surface area (Å²) in [4.78, 5) is 16.8. The average Bonchev–Trinajstić information content (AvgIpc) is 2.61. The molecular weight excluding hydrogens is 383 g/mol. The van der Waals surface area contributed by atoms with E-state index in [1.807, 2.05) is 0 Å². The molecule has 0 bridgehead atoms. The smallest absolute Gasteiger partial charge is 0.280 e. The monoisotopic (exact) mass is 398 g/mol. The Morgan fingerprint density at radius 1 is 1.38 bits per heavy atom. The Hall–Kier alpha value is -2.07. The van der Waals surface area contributed by atoms with Gasteiger partial charge in [-0.1, -0.05) is 17.7 Å². The predicted octanol–water partition coefficient (Wildman–Crippen LogP) is 2.09. The summed E-state index contributed by atoms with van der Waals surface area (Å²) in [7, 11) is -2.55. The summed E-state index contributed by atoms with van der Waals surface area (Å²) < 4.78 is 41.5.